The molecular formula is C9H13NS. The van der Waals surface area contributed by atoms with Gasteiger partial charge in [-0.3, -0.25) is 0 Å². The van der Waals surface area contributed by atoms with Crippen LogP contribution in [0.3, 0.4) is 0 Å². The zero-order valence-corrected chi connectivity index (χ0v) is 7.53. The molecule has 0 atom stereocenters. The molecule has 0 amide bonds. The first-order valence-electron chi connectivity index (χ1n) is 3.81. The first-order valence-corrected chi connectivity index (χ1v) is 4.69. The number of allylic oxidation sites excluding steroid dienone is 1. The Morgan fingerprint density at radius 2 is 2.55 bits per heavy atom. The van der Waals surface area contributed by atoms with Crippen molar-refractivity contribution in [3.63, 3.8) is 0 Å². The molecule has 2 heteroatoms. The molecule has 1 nitrogen and oxygen atoms in total. The van der Waals surface area contributed by atoms with Crippen LogP contribution in [0.25, 0.3) is 5.57 Å². The fourth-order valence-electron chi connectivity index (χ4n) is 1.02. The Labute approximate surface area is 71.5 Å². The summed E-state index contributed by atoms with van der Waals surface area (Å²) in [5, 5.41) is 2.09. The van der Waals surface area contributed by atoms with Crippen LogP contribution in [0.2, 0.25) is 0 Å². The lowest BCUT2D eigenvalue weighted by Gasteiger charge is -1.98. The lowest BCUT2D eigenvalue weighted by atomic mass is 10.1. The lowest BCUT2D eigenvalue weighted by Crippen LogP contribution is -1.94. The van der Waals surface area contributed by atoms with Crippen molar-refractivity contribution in [1.29, 1.82) is 0 Å². The molecule has 11 heavy (non-hydrogen) atoms. The molecule has 0 saturated carbocycles. The molecule has 0 spiro atoms. The van der Waals surface area contributed by atoms with Crippen LogP contribution in [-0.2, 0) is 0 Å². The number of hydrogen-bond donors (Lipinski definition) is 1. The van der Waals surface area contributed by atoms with Gasteiger partial charge in [0, 0.05) is 11.4 Å². The van der Waals surface area contributed by atoms with Gasteiger partial charge in [-0.15, -0.1) is 11.3 Å². The standard InChI is InChI=1S/C9H13NS/c1-2-8(5-6-10)9-4-3-7-11-9/h3-5,7H,2,6,10H2,1H3/b8-5-. The first-order chi connectivity index (χ1) is 5.38. The van der Waals surface area contributed by atoms with Crippen LogP contribution < -0.4 is 5.73 Å². The van der Waals surface area contributed by atoms with Crippen LogP contribution >= 0.6 is 11.3 Å². The quantitative estimate of drug-likeness (QED) is 0.735. The Balaban J connectivity index is 2.79. The van der Waals surface area contributed by atoms with Gasteiger partial charge in [0.05, 0.1) is 0 Å². The van der Waals surface area contributed by atoms with E-state index in [-0.39, 0.29) is 0 Å². The third-order valence-electron chi connectivity index (χ3n) is 1.58. The molecule has 0 radical (unpaired) electrons. The molecule has 0 saturated heterocycles. The normalized spacial score (nSPS) is 12.0. The van der Waals surface area contributed by atoms with Crippen molar-refractivity contribution in [3.05, 3.63) is 28.5 Å². The molecule has 0 aliphatic heterocycles. The second kappa shape index (κ2) is 4.31. The fraction of sp³-hybridized carbons (Fsp3) is 0.333. The monoisotopic (exact) mass is 167 g/mol. The van der Waals surface area contributed by atoms with E-state index in [2.05, 4.69) is 30.5 Å². The average Bonchev–Trinajstić information content (AvgIpc) is 2.52. The maximum Gasteiger partial charge on any atom is 0.0299 e. The van der Waals surface area contributed by atoms with E-state index in [1.165, 1.54) is 10.5 Å². The average molecular weight is 167 g/mol. The highest BCUT2D eigenvalue weighted by Crippen LogP contribution is 2.22. The minimum atomic E-state index is 0.640. The summed E-state index contributed by atoms with van der Waals surface area (Å²) in [5.74, 6) is 0. The van der Waals surface area contributed by atoms with E-state index < -0.39 is 0 Å². The SMILES string of the molecule is CC/C(=C/CN)c1cccs1. The van der Waals surface area contributed by atoms with E-state index in [0.29, 0.717) is 6.54 Å². The molecule has 0 aromatic carbocycles. The summed E-state index contributed by atoms with van der Waals surface area (Å²) in [5.41, 5.74) is 6.80. The van der Waals surface area contributed by atoms with E-state index >= 15 is 0 Å². The highest BCUT2D eigenvalue weighted by molar-refractivity contribution is 7.11. The van der Waals surface area contributed by atoms with Crippen LogP contribution in [0.15, 0.2) is 23.6 Å². The van der Waals surface area contributed by atoms with Gasteiger partial charge in [-0.25, -0.2) is 0 Å². The highest BCUT2D eigenvalue weighted by atomic mass is 32.1. The van der Waals surface area contributed by atoms with E-state index in [0.717, 1.165) is 6.42 Å². The maximum atomic E-state index is 5.44. The van der Waals surface area contributed by atoms with Crippen molar-refractivity contribution in [1.82, 2.24) is 0 Å². The van der Waals surface area contributed by atoms with Gasteiger partial charge in [0.1, 0.15) is 0 Å². The Hall–Kier alpha value is -0.600. The van der Waals surface area contributed by atoms with Crippen molar-refractivity contribution >= 4 is 16.9 Å². The van der Waals surface area contributed by atoms with Gasteiger partial charge < -0.3 is 5.73 Å². The molecular weight excluding hydrogens is 154 g/mol. The zero-order chi connectivity index (χ0) is 8.10. The van der Waals surface area contributed by atoms with Crippen LogP contribution in [-0.4, -0.2) is 6.54 Å². The van der Waals surface area contributed by atoms with Crippen LogP contribution in [0.5, 0.6) is 0 Å². The number of rotatable bonds is 3. The van der Waals surface area contributed by atoms with E-state index in [9.17, 15) is 0 Å². The fourth-order valence-corrected chi connectivity index (χ4v) is 1.86. The van der Waals surface area contributed by atoms with Crippen LogP contribution in [0.4, 0.5) is 0 Å². The number of hydrogen-bond acceptors (Lipinski definition) is 2. The van der Waals surface area contributed by atoms with Crippen molar-refractivity contribution in [3.8, 4) is 0 Å². The van der Waals surface area contributed by atoms with Gasteiger partial charge in [0.15, 0.2) is 0 Å². The Morgan fingerprint density at radius 1 is 1.73 bits per heavy atom. The topological polar surface area (TPSA) is 26.0 Å². The zero-order valence-electron chi connectivity index (χ0n) is 6.71. The molecule has 1 heterocycles. The molecule has 0 unspecified atom stereocenters. The summed E-state index contributed by atoms with van der Waals surface area (Å²) in [6.07, 6.45) is 3.16. The minimum Gasteiger partial charge on any atom is -0.327 e. The summed E-state index contributed by atoms with van der Waals surface area (Å²) in [6.45, 7) is 2.79. The number of thiophene rings is 1. The van der Waals surface area contributed by atoms with Gasteiger partial charge in [-0.1, -0.05) is 19.1 Å². The Morgan fingerprint density at radius 3 is 3.00 bits per heavy atom. The largest absolute Gasteiger partial charge is 0.327 e. The molecule has 0 aliphatic rings. The van der Waals surface area contributed by atoms with Crippen molar-refractivity contribution in [2.45, 2.75) is 13.3 Å². The van der Waals surface area contributed by atoms with E-state index in [1.807, 2.05) is 0 Å². The molecule has 0 aliphatic carbocycles. The lowest BCUT2D eigenvalue weighted by molar-refractivity contribution is 1.20. The van der Waals surface area contributed by atoms with E-state index in [4.69, 9.17) is 5.73 Å². The Kier molecular flexibility index (Phi) is 3.33. The molecule has 2 N–H and O–H groups in total. The molecule has 1 rings (SSSR count). The summed E-state index contributed by atoms with van der Waals surface area (Å²) in [4.78, 5) is 1.35. The van der Waals surface area contributed by atoms with Crippen LogP contribution in [0.1, 0.15) is 18.2 Å². The van der Waals surface area contributed by atoms with Gasteiger partial charge in [0.25, 0.3) is 0 Å². The second-order valence-electron chi connectivity index (χ2n) is 2.30. The molecule has 60 valence electrons. The second-order valence-corrected chi connectivity index (χ2v) is 3.24. The third kappa shape index (κ3) is 2.17. The molecule has 0 fully saturated rings. The first kappa shape index (κ1) is 8.50. The molecule has 1 aromatic heterocycles. The predicted molar refractivity (Wildman–Crippen MR) is 51.6 cm³/mol. The predicted octanol–water partition coefficient (Wildman–Crippen LogP) is 2.50. The van der Waals surface area contributed by atoms with Crippen LogP contribution in [0, 0.1) is 0 Å². The minimum absolute atomic E-state index is 0.640. The van der Waals surface area contributed by atoms with Crippen molar-refractivity contribution < 1.29 is 0 Å². The van der Waals surface area contributed by atoms with Crippen molar-refractivity contribution in [2.24, 2.45) is 5.73 Å². The smallest absolute Gasteiger partial charge is 0.0299 e. The summed E-state index contributed by atoms with van der Waals surface area (Å²) in [7, 11) is 0. The Bertz CT molecular complexity index is 224. The van der Waals surface area contributed by atoms with E-state index in [1.54, 1.807) is 11.3 Å². The number of nitrogens with two attached hydrogens (primary N) is 1. The molecule has 0 bridgehead atoms. The summed E-state index contributed by atoms with van der Waals surface area (Å²) < 4.78 is 0. The highest BCUT2D eigenvalue weighted by Gasteiger charge is 1.97. The van der Waals surface area contributed by atoms with Crippen molar-refractivity contribution in [2.75, 3.05) is 6.54 Å². The molecule has 1 aromatic rings. The third-order valence-corrected chi connectivity index (χ3v) is 2.53. The van der Waals surface area contributed by atoms with Gasteiger partial charge >= 0.3 is 0 Å². The maximum absolute atomic E-state index is 5.44. The summed E-state index contributed by atoms with van der Waals surface area (Å²) >= 11 is 1.77. The van der Waals surface area contributed by atoms with Gasteiger partial charge in [-0.2, -0.15) is 0 Å². The van der Waals surface area contributed by atoms with Gasteiger partial charge in [0.2, 0.25) is 0 Å². The summed E-state index contributed by atoms with van der Waals surface area (Å²) in [6, 6.07) is 4.20. The van der Waals surface area contributed by atoms with Gasteiger partial charge in [-0.05, 0) is 23.4 Å².